The van der Waals surface area contributed by atoms with Crippen LogP contribution in [0.15, 0.2) is 48.5 Å². The third-order valence-corrected chi connectivity index (χ3v) is 4.29. The van der Waals surface area contributed by atoms with Crippen molar-refractivity contribution in [3.63, 3.8) is 0 Å². The molecule has 9 heteroatoms. The van der Waals surface area contributed by atoms with E-state index >= 15 is 0 Å². The smallest absolute Gasteiger partial charge is 0.328 e. The molecular weight excluding hydrogens is 398 g/mol. The molecule has 0 aromatic heterocycles. The van der Waals surface area contributed by atoms with Crippen LogP contribution in [0.1, 0.15) is 11.1 Å². The third kappa shape index (κ3) is 6.84. The average molecular weight is 420 g/mol. The summed E-state index contributed by atoms with van der Waals surface area (Å²) in [6.45, 7) is 0. The summed E-state index contributed by atoms with van der Waals surface area (Å²) in [4.78, 5) is 36.5. The van der Waals surface area contributed by atoms with Crippen molar-refractivity contribution in [3.05, 3.63) is 71.3 Å². The van der Waals surface area contributed by atoms with E-state index in [1.54, 1.807) is 0 Å². The second kappa shape index (κ2) is 10.9. The summed E-state index contributed by atoms with van der Waals surface area (Å²) in [5.74, 6) is -2.27. The molecule has 0 heterocycles. The first-order chi connectivity index (χ1) is 14.3. The minimum Gasteiger partial charge on any atom is -0.467 e. The number of esters is 2. The Morgan fingerprint density at radius 3 is 1.37 bits per heavy atom. The molecule has 0 aliphatic rings. The fraction of sp³-hybridized carbons (Fsp3) is 0.286. The first-order valence-electron chi connectivity index (χ1n) is 9.04. The maximum Gasteiger partial charge on any atom is 0.328 e. The summed E-state index contributed by atoms with van der Waals surface area (Å²) in [7, 11) is 2.34. The number of carbonyl (C=O) groups is 3. The van der Waals surface area contributed by atoms with E-state index in [0.29, 0.717) is 11.1 Å². The Morgan fingerprint density at radius 1 is 0.733 bits per heavy atom. The van der Waals surface area contributed by atoms with Crippen LogP contribution in [0.4, 0.5) is 13.6 Å². The molecule has 2 amide bonds. The fourth-order valence-corrected chi connectivity index (χ4v) is 2.74. The molecule has 0 saturated heterocycles. The average Bonchev–Trinajstić information content (AvgIpc) is 2.74. The van der Waals surface area contributed by atoms with E-state index in [1.807, 2.05) is 0 Å². The van der Waals surface area contributed by atoms with E-state index in [-0.39, 0.29) is 12.8 Å². The Labute approximate surface area is 172 Å². The molecule has 2 N–H and O–H groups in total. The summed E-state index contributed by atoms with van der Waals surface area (Å²) in [6, 6.07) is 7.94. The number of nitrogens with one attached hydrogen (secondary N) is 2. The lowest BCUT2D eigenvalue weighted by Crippen LogP contribution is -2.52. The summed E-state index contributed by atoms with van der Waals surface area (Å²) in [5, 5.41) is 4.90. The van der Waals surface area contributed by atoms with E-state index in [1.165, 1.54) is 62.8 Å². The summed E-state index contributed by atoms with van der Waals surface area (Å²) < 4.78 is 35.6. The van der Waals surface area contributed by atoms with Crippen LogP contribution in [0.5, 0.6) is 0 Å². The largest absolute Gasteiger partial charge is 0.467 e. The van der Waals surface area contributed by atoms with Gasteiger partial charge in [-0.1, -0.05) is 24.3 Å². The lowest BCUT2D eigenvalue weighted by Gasteiger charge is -2.20. The number of amides is 2. The topological polar surface area (TPSA) is 93.7 Å². The highest BCUT2D eigenvalue weighted by Crippen LogP contribution is 2.09. The fourth-order valence-electron chi connectivity index (χ4n) is 2.74. The van der Waals surface area contributed by atoms with Crippen LogP contribution in [0.25, 0.3) is 0 Å². The number of benzene rings is 2. The first-order valence-corrected chi connectivity index (χ1v) is 9.04. The molecule has 160 valence electrons. The van der Waals surface area contributed by atoms with Crippen molar-refractivity contribution in [3.8, 4) is 0 Å². The van der Waals surface area contributed by atoms with Gasteiger partial charge in [0, 0.05) is 12.8 Å². The van der Waals surface area contributed by atoms with Crippen LogP contribution in [0, 0.1) is 11.6 Å². The molecule has 7 nitrogen and oxygen atoms in total. The first kappa shape index (κ1) is 22.8. The second-order valence-electron chi connectivity index (χ2n) is 6.43. The van der Waals surface area contributed by atoms with E-state index in [9.17, 15) is 23.2 Å². The van der Waals surface area contributed by atoms with Gasteiger partial charge in [0.2, 0.25) is 0 Å². The minimum absolute atomic E-state index is 0.0568. The summed E-state index contributed by atoms with van der Waals surface area (Å²) in [5.41, 5.74) is 1.20. The molecule has 0 aliphatic carbocycles. The molecule has 2 unspecified atom stereocenters. The minimum atomic E-state index is -1.07. The molecule has 2 rings (SSSR count). The highest BCUT2D eigenvalue weighted by atomic mass is 19.1. The van der Waals surface area contributed by atoms with E-state index < -0.39 is 41.7 Å². The monoisotopic (exact) mass is 420 g/mol. The molecule has 0 aliphatic heterocycles. The van der Waals surface area contributed by atoms with Crippen LogP contribution in [-0.4, -0.2) is 44.3 Å². The van der Waals surface area contributed by atoms with Crippen LogP contribution in [0.2, 0.25) is 0 Å². The molecule has 30 heavy (non-hydrogen) atoms. The number of carbonyl (C=O) groups excluding carboxylic acids is 3. The van der Waals surface area contributed by atoms with Crippen LogP contribution in [-0.2, 0) is 31.9 Å². The van der Waals surface area contributed by atoms with Gasteiger partial charge < -0.3 is 20.1 Å². The highest BCUT2D eigenvalue weighted by Gasteiger charge is 2.26. The zero-order chi connectivity index (χ0) is 22.1. The standard InChI is InChI=1S/C21H22F2N2O5/c1-29-19(26)17(11-13-3-7-15(22)8-4-13)24-21(28)25-18(20(27)30-2)12-14-5-9-16(23)10-6-14/h3-10,17-18H,11-12H2,1-2H3,(H2,24,25,28). The van der Waals surface area contributed by atoms with Gasteiger partial charge in [-0.3, -0.25) is 0 Å². The Morgan fingerprint density at radius 2 is 1.07 bits per heavy atom. The molecule has 2 aromatic rings. The van der Waals surface area contributed by atoms with E-state index in [0.717, 1.165) is 0 Å². The van der Waals surface area contributed by atoms with Gasteiger partial charge in [-0.15, -0.1) is 0 Å². The maximum absolute atomic E-state index is 13.1. The third-order valence-electron chi connectivity index (χ3n) is 4.29. The highest BCUT2D eigenvalue weighted by molar-refractivity contribution is 5.87. The van der Waals surface area contributed by atoms with Gasteiger partial charge in [-0.25, -0.2) is 23.2 Å². The van der Waals surface area contributed by atoms with E-state index in [2.05, 4.69) is 10.6 Å². The van der Waals surface area contributed by atoms with Crippen LogP contribution in [0.3, 0.4) is 0 Å². The van der Waals surface area contributed by atoms with Crippen molar-refractivity contribution in [2.75, 3.05) is 14.2 Å². The van der Waals surface area contributed by atoms with Gasteiger partial charge >= 0.3 is 18.0 Å². The van der Waals surface area contributed by atoms with Crippen molar-refractivity contribution in [1.29, 1.82) is 0 Å². The Kier molecular flexibility index (Phi) is 8.28. The van der Waals surface area contributed by atoms with Crippen molar-refractivity contribution >= 4 is 18.0 Å². The normalized spacial score (nSPS) is 12.4. The Bertz CT molecular complexity index is 800. The molecule has 0 spiro atoms. The maximum atomic E-state index is 13.1. The van der Waals surface area contributed by atoms with Crippen molar-refractivity contribution in [1.82, 2.24) is 10.6 Å². The molecule has 0 saturated carbocycles. The number of hydrogen-bond donors (Lipinski definition) is 2. The molecule has 2 aromatic carbocycles. The number of rotatable bonds is 8. The summed E-state index contributed by atoms with van der Waals surface area (Å²) >= 11 is 0. The molecule has 2 atom stereocenters. The predicted octanol–water partition coefficient (Wildman–Crippen LogP) is 2.13. The van der Waals surface area contributed by atoms with Gasteiger partial charge in [0.25, 0.3) is 0 Å². The molecule has 0 radical (unpaired) electrons. The lowest BCUT2D eigenvalue weighted by atomic mass is 10.1. The van der Waals surface area contributed by atoms with E-state index in [4.69, 9.17) is 9.47 Å². The van der Waals surface area contributed by atoms with Crippen molar-refractivity contribution < 1.29 is 32.6 Å². The molecule has 0 bridgehead atoms. The lowest BCUT2D eigenvalue weighted by molar-refractivity contribution is -0.143. The Balaban J connectivity index is 2.07. The second-order valence-corrected chi connectivity index (χ2v) is 6.43. The molecule has 0 fully saturated rings. The zero-order valence-corrected chi connectivity index (χ0v) is 16.5. The quantitative estimate of drug-likeness (QED) is 0.639. The predicted molar refractivity (Wildman–Crippen MR) is 103 cm³/mol. The Hall–Kier alpha value is -3.49. The number of urea groups is 1. The van der Waals surface area contributed by atoms with Crippen LogP contribution >= 0.6 is 0 Å². The van der Waals surface area contributed by atoms with Gasteiger partial charge in [0.15, 0.2) is 0 Å². The van der Waals surface area contributed by atoms with Crippen molar-refractivity contribution in [2.24, 2.45) is 0 Å². The van der Waals surface area contributed by atoms with Crippen LogP contribution < -0.4 is 10.6 Å². The van der Waals surface area contributed by atoms with Gasteiger partial charge in [0.1, 0.15) is 23.7 Å². The van der Waals surface area contributed by atoms with Crippen molar-refractivity contribution in [2.45, 2.75) is 24.9 Å². The number of hydrogen-bond acceptors (Lipinski definition) is 5. The number of methoxy groups -OCH3 is 2. The number of halogens is 2. The SMILES string of the molecule is COC(=O)C(Cc1ccc(F)cc1)NC(=O)NC(Cc1ccc(F)cc1)C(=O)OC. The van der Waals surface area contributed by atoms with Gasteiger partial charge in [0.05, 0.1) is 14.2 Å². The molecular formula is C21H22F2N2O5. The zero-order valence-electron chi connectivity index (χ0n) is 16.5. The summed E-state index contributed by atoms with van der Waals surface area (Å²) in [6.07, 6.45) is 0.114. The number of ether oxygens (including phenoxy) is 2. The van der Waals surface area contributed by atoms with Gasteiger partial charge in [-0.2, -0.15) is 0 Å². The van der Waals surface area contributed by atoms with Gasteiger partial charge in [-0.05, 0) is 35.4 Å².